The predicted molar refractivity (Wildman–Crippen MR) is 76.9 cm³/mol. The zero-order valence-electron chi connectivity index (χ0n) is 11.8. The van der Waals surface area contributed by atoms with Crippen LogP contribution in [0.3, 0.4) is 0 Å². The molecule has 3 nitrogen and oxygen atoms in total. The van der Waals surface area contributed by atoms with Crippen LogP contribution in [0, 0.1) is 5.82 Å². The first-order valence-electron chi connectivity index (χ1n) is 6.43. The van der Waals surface area contributed by atoms with Gasteiger partial charge in [-0.15, -0.1) is 0 Å². The molecule has 1 atom stereocenters. The lowest BCUT2D eigenvalue weighted by Gasteiger charge is -2.19. The number of benzene rings is 2. The molecule has 2 aromatic rings. The molecule has 0 amide bonds. The SMILES string of the molecule is CNC(C)c1c(OC)cccc1Oc1cccc(F)c1. The van der Waals surface area contributed by atoms with Crippen LogP contribution >= 0.6 is 0 Å². The average molecular weight is 275 g/mol. The van der Waals surface area contributed by atoms with Gasteiger partial charge in [0.1, 0.15) is 23.1 Å². The van der Waals surface area contributed by atoms with Gasteiger partial charge >= 0.3 is 0 Å². The molecule has 0 radical (unpaired) electrons. The molecule has 0 fully saturated rings. The van der Waals surface area contributed by atoms with E-state index in [0.717, 1.165) is 11.3 Å². The van der Waals surface area contributed by atoms with E-state index in [4.69, 9.17) is 9.47 Å². The van der Waals surface area contributed by atoms with Gasteiger partial charge < -0.3 is 14.8 Å². The Balaban J connectivity index is 2.40. The molecule has 0 heterocycles. The molecule has 0 saturated heterocycles. The van der Waals surface area contributed by atoms with Crippen molar-refractivity contribution in [2.45, 2.75) is 13.0 Å². The molecule has 0 aromatic heterocycles. The molecule has 1 N–H and O–H groups in total. The molecular weight excluding hydrogens is 257 g/mol. The van der Waals surface area contributed by atoms with E-state index in [2.05, 4.69) is 5.32 Å². The molecular formula is C16H18FNO2. The number of methoxy groups -OCH3 is 1. The number of halogens is 1. The lowest BCUT2D eigenvalue weighted by molar-refractivity contribution is 0.393. The van der Waals surface area contributed by atoms with Gasteiger partial charge in [-0.3, -0.25) is 0 Å². The predicted octanol–water partition coefficient (Wildman–Crippen LogP) is 3.91. The van der Waals surface area contributed by atoms with Crippen LogP contribution in [-0.2, 0) is 0 Å². The molecule has 0 saturated carbocycles. The van der Waals surface area contributed by atoms with E-state index in [1.807, 2.05) is 32.2 Å². The number of hydrogen-bond acceptors (Lipinski definition) is 3. The Morgan fingerprint density at radius 3 is 2.45 bits per heavy atom. The fourth-order valence-corrected chi connectivity index (χ4v) is 2.02. The van der Waals surface area contributed by atoms with Gasteiger partial charge in [-0.2, -0.15) is 0 Å². The second-order valence-corrected chi connectivity index (χ2v) is 4.44. The Labute approximate surface area is 118 Å². The first kappa shape index (κ1) is 14.3. The second-order valence-electron chi connectivity index (χ2n) is 4.44. The normalized spacial score (nSPS) is 12.0. The summed E-state index contributed by atoms with van der Waals surface area (Å²) >= 11 is 0. The summed E-state index contributed by atoms with van der Waals surface area (Å²) in [6, 6.07) is 11.7. The van der Waals surface area contributed by atoms with Crippen LogP contribution < -0.4 is 14.8 Å². The summed E-state index contributed by atoms with van der Waals surface area (Å²) in [5, 5.41) is 3.16. The Hall–Kier alpha value is -2.07. The number of ether oxygens (including phenoxy) is 2. The summed E-state index contributed by atoms with van der Waals surface area (Å²) < 4.78 is 24.4. The summed E-state index contributed by atoms with van der Waals surface area (Å²) in [5.41, 5.74) is 0.904. The minimum atomic E-state index is -0.325. The zero-order chi connectivity index (χ0) is 14.5. The maximum Gasteiger partial charge on any atom is 0.135 e. The Morgan fingerprint density at radius 2 is 1.80 bits per heavy atom. The van der Waals surface area contributed by atoms with Gasteiger partial charge in [-0.25, -0.2) is 4.39 Å². The van der Waals surface area contributed by atoms with Gasteiger partial charge in [0.25, 0.3) is 0 Å². The van der Waals surface area contributed by atoms with Crippen molar-refractivity contribution in [2.24, 2.45) is 0 Å². The zero-order valence-corrected chi connectivity index (χ0v) is 11.8. The Kier molecular flexibility index (Phi) is 4.58. The largest absolute Gasteiger partial charge is 0.496 e. The van der Waals surface area contributed by atoms with Gasteiger partial charge in [0.15, 0.2) is 0 Å². The summed E-state index contributed by atoms with van der Waals surface area (Å²) in [6.45, 7) is 2.01. The maximum absolute atomic E-state index is 13.2. The minimum Gasteiger partial charge on any atom is -0.496 e. The van der Waals surface area contributed by atoms with Crippen LogP contribution in [-0.4, -0.2) is 14.2 Å². The molecule has 1 unspecified atom stereocenters. The van der Waals surface area contributed by atoms with E-state index in [9.17, 15) is 4.39 Å². The fourth-order valence-electron chi connectivity index (χ4n) is 2.02. The van der Waals surface area contributed by atoms with Crippen molar-refractivity contribution in [3.8, 4) is 17.2 Å². The number of nitrogens with one attached hydrogen (secondary N) is 1. The van der Waals surface area contributed by atoms with Crippen LogP contribution in [0.1, 0.15) is 18.5 Å². The monoisotopic (exact) mass is 275 g/mol. The summed E-state index contributed by atoms with van der Waals surface area (Å²) in [4.78, 5) is 0. The van der Waals surface area contributed by atoms with Gasteiger partial charge in [0.2, 0.25) is 0 Å². The highest BCUT2D eigenvalue weighted by Crippen LogP contribution is 2.36. The van der Waals surface area contributed by atoms with E-state index < -0.39 is 0 Å². The molecule has 0 aliphatic heterocycles. The van der Waals surface area contributed by atoms with Crippen LogP contribution in [0.2, 0.25) is 0 Å². The van der Waals surface area contributed by atoms with Crippen LogP contribution in [0.15, 0.2) is 42.5 Å². The molecule has 0 aliphatic carbocycles. The molecule has 2 rings (SSSR count). The molecule has 0 bridgehead atoms. The third-order valence-corrected chi connectivity index (χ3v) is 3.14. The van der Waals surface area contributed by atoms with Crippen LogP contribution in [0.4, 0.5) is 4.39 Å². The Morgan fingerprint density at radius 1 is 1.10 bits per heavy atom. The van der Waals surface area contributed by atoms with Crippen molar-refractivity contribution in [3.63, 3.8) is 0 Å². The highest BCUT2D eigenvalue weighted by atomic mass is 19.1. The highest BCUT2D eigenvalue weighted by molar-refractivity contribution is 5.48. The van der Waals surface area contributed by atoms with E-state index in [1.165, 1.54) is 12.1 Å². The lowest BCUT2D eigenvalue weighted by atomic mass is 10.1. The summed E-state index contributed by atoms with van der Waals surface area (Å²) in [5.74, 6) is 1.52. The number of hydrogen-bond donors (Lipinski definition) is 1. The molecule has 20 heavy (non-hydrogen) atoms. The topological polar surface area (TPSA) is 30.5 Å². The van der Waals surface area contributed by atoms with E-state index in [1.54, 1.807) is 19.2 Å². The van der Waals surface area contributed by atoms with E-state index >= 15 is 0 Å². The standard InChI is InChI=1S/C16H18FNO2/c1-11(18-2)16-14(19-3)8-5-9-15(16)20-13-7-4-6-12(17)10-13/h4-11,18H,1-3H3. The summed E-state index contributed by atoms with van der Waals surface area (Å²) in [6.07, 6.45) is 0. The van der Waals surface area contributed by atoms with Crippen LogP contribution in [0.25, 0.3) is 0 Å². The first-order valence-corrected chi connectivity index (χ1v) is 6.43. The first-order chi connectivity index (χ1) is 9.65. The van der Waals surface area contributed by atoms with Gasteiger partial charge in [0.05, 0.1) is 12.7 Å². The molecule has 106 valence electrons. The van der Waals surface area contributed by atoms with Gasteiger partial charge in [-0.1, -0.05) is 12.1 Å². The molecule has 0 aliphatic rings. The van der Waals surface area contributed by atoms with Crippen LogP contribution in [0.5, 0.6) is 17.2 Å². The van der Waals surface area contributed by atoms with Gasteiger partial charge in [-0.05, 0) is 38.2 Å². The smallest absolute Gasteiger partial charge is 0.135 e. The summed E-state index contributed by atoms with van der Waals surface area (Å²) in [7, 11) is 3.48. The lowest BCUT2D eigenvalue weighted by Crippen LogP contribution is -2.14. The van der Waals surface area contributed by atoms with Crippen molar-refractivity contribution in [1.29, 1.82) is 0 Å². The average Bonchev–Trinajstić information content (AvgIpc) is 2.46. The quantitative estimate of drug-likeness (QED) is 0.897. The maximum atomic E-state index is 13.2. The third kappa shape index (κ3) is 3.08. The van der Waals surface area contributed by atoms with Crippen molar-refractivity contribution in [2.75, 3.05) is 14.2 Å². The van der Waals surface area contributed by atoms with Crippen molar-refractivity contribution in [1.82, 2.24) is 5.32 Å². The Bertz CT molecular complexity index is 586. The minimum absolute atomic E-state index is 0.0507. The van der Waals surface area contributed by atoms with Crippen molar-refractivity contribution < 1.29 is 13.9 Å². The number of rotatable bonds is 5. The van der Waals surface area contributed by atoms with Gasteiger partial charge in [0, 0.05) is 12.1 Å². The van der Waals surface area contributed by atoms with Crippen molar-refractivity contribution in [3.05, 3.63) is 53.8 Å². The molecule has 0 spiro atoms. The van der Waals surface area contributed by atoms with Crippen molar-refractivity contribution >= 4 is 0 Å². The van der Waals surface area contributed by atoms with E-state index in [0.29, 0.717) is 11.5 Å². The highest BCUT2D eigenvalue weighted by Gasteiger charge is 2.16. The van der Waals surface area contributed by atoms with E-state index in [-0.39, 0.29) is 11.9 Å². The fraction of sp³-hybridized carbons (Fsp3) is 0.250. The molecule has 2 aromatic carbocycles. The third-order valence-electron chi connectivity index (χ3n) is 3.14. The molecule has 4 heteroatoms. The second kappa shape index (κ2) is 6.39.